The zero-order valence-electron chi connectivity index (χ0n) is 11.7. The largest absolute Gasteiger partial charge is 0.430 e. The second-order valence-corrected chi connectivity index (χ2v) is 5.09. The van der Waals surface area contributed by atoms with E-state index in [0.717, 1.165) is 7.11 Å². The highest BCUT2D eigenvalue weighted by Crippen LogP contribution is 2.27. The molecule has 1 aliphatic heterocycles. The molecule has 0 aliphatic carbocycles. The SMILES string of the molecule is COB1c2c(F)c(F)c(F)c(F)c2Cc2c(F)c(F)c(F)c(F)c21. The average Bonchev–Trinajstić information content (AvgIpc) is 2.59. The molecule has 0 saturated heterocycles. The summed E-state index contributed by atoms with van der Waals surface area (Å²) in [6, 6.07) is 0. The summed E-state index contributed by atoms with van der Waals surface area (Å²) >= 11 is 0. The van der Waals surface area contributed by atoms with Gasteiger partial charge in [0, 0.05) is 24.5 Å². The minimum absolute atomic E-state index is 0.848. The van der Waals surface area contributed by atoms with Crippen LogP contribution in [0.5, 0.6) is 0 Å². The zero-order valence-corrected chi connectivity index (χ0v) is 11.7. The van der Waals surface area contributed by atoms with Crippen molar-refractivity contribution >= 4 is 17.8 Å². The third kappa shape index (κ3) is 1.98. The first-order valence-corrected chi connectivity index (χ1v) is 6.44. The van der Waals surface area contributed by atoms with Crippen LogP contribution in [-0.2, 0) is 11.1 Å². The van der Waals surface area contributed by atoms with E-state index in [0.29, 0.717) is 0 Å². The van der Waals surface area contributed by atoms with Crippen LogP contribution in [0.3, 0.4) is 0 Å². The number of halogens is 8. The van der Waals surface area contributed by atoms with Crippen LogP contribution in [0.1, 0.15) is 11.1 Å². The van der Waals surface area contributed by atoms with E-state index in [1.165, 1.54) is 0 Å². The lowest BCUT2D eigenvalue weighted by molar-refractivity contribution is 0.392. The van der Waals surface area contributed by atoms with Crippen LogP contribution in [0.15, 0.2) is 0 Å². The van der Waals surface area contributed by atoms with Crippen molar-refractivity contribution in [3.8, 4) is 0 Å². The molecule has 2 aromatic carbocycles. The van der Waals surface area contributed by atoms with E-state index in [9.17, 15) is 35.1 Å². The Morgan fingerprint density at radius 3 is 1.25 bits per heavy atom. The number of hydrogen-bond donors (Lipinski definition) is 0. The van der Waals surface area contributed by atoms with Gasteiger partial charge in [0.2, 0.25) is 0 Å². The maximum Gasteiger partial charge on any atom is 0.368 e. The van der Waals surface area contributed by atoms with Crippen molar-refractivity contribution in [1.82, 2.24) is 0 Å². The minimum atomic E-state index is -2.18. The molecular weight excluding hydrogens is 347 g/mol. The molecule has 1 nitrogen and oxygen atoms in total. The molecule has 0 spiro atoms. The summed E-state index contributed by atoms with van der Waals surface area (Å²) in [5, 5.41) is 0. The van der Waals surface area contributed by atoms with Crippen LogP contribution in [-0.4, -0.2) is 14.0 Å². The van der Waals surface area contributed by atoms with E-state index in [2.05, 4.69) is 0 Å². The Balaban J connectivity index is 2.43. The van der Waals surface area contributed by atoms with Gasteiger partial charge in [0.25, 0.3) is 0 Å². The molecule has 0 bridgehead atoms. The minimum Gasteiger partial charge on any atom is -0.430 e. The van der Waals surface area contributed by atoms with Gasteiger partial charge in [-0.1, -0.05) is 0 Å². The van der Waals surface area contributed by atoms with E-state index >= 15 is 0 Å². The quantitative estimate of drug-likeness (QED) is 0.332. The summed E-state index contributed by atoms with van der Waals surface area (Å²) in [5.74, 6) is -16.1. The van der Waals surface area contributed by atoms with Crippen LogP contribution >= 0.6 is 0 Å². The van der Waals surface area contributed by atoms with Crippen LogP contribution in [0.2, 0.25) is 0 Å². The van der Waals surface area contributed by atoms with E-state index in [1.807, 2.05) is 0 Å². The third-order valence-corrected chi connectivity index (χ3v) is 3.92. The van der Waals surface area contributed by atoms with Crippen molar-refractivity contribution in [3.05, 3.63) is 57.7 Å². The van der Waals surface area contributed by atoms with E-state index in [-0.39, 0.29) is 0 Å². The maximum absolute atomic E-state index is 14.0. The van der Waals surface area contributed by atoms with Crippen molar-refractivity contribution in [2.45, 2.75) is 6.42 Å². The molecule has 0 aromatic heterocycles. The first-order chi connectivity index (χ1) is 11.2. The van der Waals surface area contributed by atoms with Gasteiger partial charge >= 0.3 is 6.92 Å². The lowest BCUT2D eigenvalue weighted by Gasteiger charge is -2.27. The Labute approximate surface area is 130 Å². The molecule has 0 radical (unpaired) electrons. The fourth-order valence-electron chi connectivity index (χ4n) is 2.84. The lowest BCUT2D eigenvalue weighted by Crippen LogP contribution is -2.55. The third-order valence-electron chi connectivity index (χ3n) is 3.92. The summed E-state index contributed by atoms with van der Waals surface area (Å²) < 4.78 is 114. The standard InChI is InChI=1S/C14H5BF8O/c1-24-15-5-3(7(16)11(20)13(22)9(5)18)2-4-6(15)10(19)14(23)12(21)8(4)17/h2H2,1H3. The fraction of sp³-hybridized carbons (Fsp3) is 0.143. The van der Waals surface area contributed by atoms with E-state index in [4.69, 9.17) is 4.65 Å². The first-order valence-electron chi connectivity index (χ1n) is 6.44. The summed E-state index contributed by atoms with van der Waals surface area (Å²) in [4.78, 5) is 0. The van der Waals surface area contributed by atoms with Crippen LogP contribution < -0.4 is 10.9 Å². The Hall–Kier alpha value is -2.10. The molecule has 0 N–H and O–H groups in total. The molecule has 3 rings (SSSR count). The second-order valence-electron chi connectivity index (χ2n) is 5.09. The molecule has 2 aromatic rings. The van der Waals surface area contributed by atoms with Crippen molar-refractivity contribution in [1.29, 1.82) is 0 Å². The lowest BCUT2D eigenvalue weighted by atomic mass is 9.49. The molecule has 1 aliphatic rings. The summed E-state index contributed by atoms with van der Waals surface area (Å²) in [7, 11) is 0.848. The Morgan fingerprint density at radius 2 is 0.917 bits per heavy atom. The first kappa shape index (κ1) is 16.8. The van der Waals surface area contributed by atoms with Crippen molar-refractivity contribution in [3.63, 3.8) is 0 Å². The van der Waals surface area contributed by atoms with Gasteiger partial charge in [-0.3, -0.25) is 0 Å². The van der Waals surface area contributed by atoms with Crippen LogP contribution in [0, 0.1) is 46.5 Å². The summed E-state index contributed by atoms with van der Waals surface area (Å²) in [6.45, 7) is -1.99. The smallest absolute Gasteiger partial charge is 0.368 e. The number of hydrogen-bond acceptors (Lipinski definition) is 1. The monoisotopic (exact) mass is 352 g/mol. The predicted molar refractivity (Wildman–Crippen MR) is 67.4 cm³/mol. The molecule has 0 fully saturated rings. The Morgan fingerprint density at radius 1 is 0.583 bits per heavy atom. The predicted octanol–water partition coefficient (Wildman–Crippen LogP) is 2.46. The normalized spacial score (nSPS) is 13.1. The molecule has 1 heterocycles. The summed E-state index contributed by atoms with van der Waals surface area (Å²) in [5.41, 5.74) is -3.61. The van der Waals surface area contributed by atoms with Gasteiger partial charge in [-0.15, -0.1) is 0 Å². The van der Waals surface area contributed by atoms with Gasteiger partial charge in [-0.25, -0.2) is 35.1 Å². The molecular formula is C14H5BF8O. The van der Waals surface area contributed by atoms with Gasteiger partial charge in [-0.2, -0.15) is 0 Å². The zero-order chi connectivity index (χ0) is 17.9. The highest BCUT2D eigenvalue weighted by Gasteiger charge is 2.43. The molecule has 0 unspecified atom stereocenters. The maximum atomic E-state index is 14.0. The molecule has 0 saturated carbocycles. The van der Waals surface area contributed by atoms with Gasteiger partial charge in [0.1, 0.15) is 0 Å². The van der Waals surface area contributed by atoms with Gasteiger partial charge in [0.15, 0.2) is 46.5 Å². The van der Waals surface area contributed by atoms with Crippen molar-refractivity contribution < 1.29 is 39.8 Å². The highest BCUT2D eigenvalue weighted by molar-refractivity contribution is 6.81. The van der Waals surface area contributed by atoms with E-state index < -0.39 is 81.9 Å². The second kappa shape index (κ2) is 5.47. The topological polar surface area (TPSA) is 9.23 Å². The van der Waals surface area contributed by atoms with Gasteiger partial charge in [0.05, 0.1) is 0 Å². The number of rotatable bonds is 1. The van der Waals surface area contributed by atoms with Gasteiger partial charge in [-0.05, 0) is 11.1 Å². The van der Waals surface area contributed by atoms with Crippen molar-refractivity contribution in [2.24, 2.45) is 0 Å². The average molecular weight is 352 g/mol. The van der Waals surface area contributed by atoms with E-state index in [1.54, 1.807) is 0 Å². The number of benzene rings is 2. The molecule has 0 atom stereocenters. The fourth-order valence-corrected chi connectivity index (χ4v) is 2.84. The molecule has 126 valence electrons. The van der Waals surface area contributed by atoms with Crippen LogP contribution in [0.4, 0.5) is 35.1 Å². The molecule has 24 heavy (non-hydrogen) atoms. The Kier molecular flexibility index (Phi) is 3.82. The van der Waals surface area contributed by atoms with Gasteiger partial charge < -0.3 is 4.65 Å². The highest BCUT2D eigenvalue weighted by atomic mass is 19.2. The summed E-state index contributed by atoms with van der Waals surface area (Å²) in [6.07, 6.45) is -1.01. The van der Waals surface area contributed by atoms with Crippen LogP contribution in [0.25, 0.3) is 0 Å². The molecule has 0 amide bonds. The van der Waals surface area contributed by atoms with Crippen molar-refractivity contribution in [2.75, 3.05) is 7.11 Å². The number of fused-ring (bicyclic) bond motifs is 2. The molecule has 10 heteroatoms. The Bertz CT molecular complexity index is 813.